The van der Waals surface area contributed by atoms with Gasteiger partial charge in [0, 0.05) is 43.5 Å². The second kappa shape index (κ2) is 18.1. The first-order chi connectivity index (χ1) is 24.9. The van der Waals surface area contributed by atoms with Crippen LogP contribution in [-0.2, 0) is 23.6 Å². The Morgan fingerprint density at radius 1 is 0.925 bits per heavy atom. The van der Waals surface area contributed by atoms with Crippen molar-refractivity contribution in [2.45, 2.75) is 77.2 Å². The SMILES string of the molecule is C[C@H]1CCCCO[C@@H](CN(C)Cc2ccc(C(F)(F)F)cc2)[C@@H](C)CN([C@@H](C)CO)C(=O)c2cc(NC(=O)Nc3ccc(C(F)(F)F)cc3)ccc2O1. The van der Waals surface area contributed by atoms with E-state index < -0.39 is 41.5 Å². The largest absolute Gasteiger partial charge is 0.490 e. The lowest BCUT2D eigenvalue weighted by Crippen LogP contribution is -2.47. The number of aliphatic hydroxyl groups is 1. The van der Waals surface area contributed by atoms with Gasteiger partial charge in [-0.15, -0.1) is 0 Å². The van der Waals surface area contributed by atoms with Gasteiger partial charge in [0.2, 0.25) is 0 Å². The Balaban J connectivity index is 1.55. The smallest absolute Gasteiger partial charge is 0.416 e. The maximum atomic E-state index is 14.4. The molecule has 3 aromatic rings. The summed E-state index contributed by atoms with van der Waals surface area (Å²) in [5, 5.41) is 15.3. The third kappa shape index (κ3) is 12.1. The first-order valence-corrected chi connectivity index (χ1v) is 17.4. The summed E-state index contributed by atoms with van der Waals surface area (Å²) in [6.45, 7) is 6.54. The first kappa shape index (κ1) is 41.4. The summed E-state index contributed by atoms with van der Waals surface area (Å²) >= 11 is 0. The molecule has 0 spiro atoms. The van der Waals surface area contributed by atoms with Gasteiger partial charge in [0.1, 0.15) is 5.75 Å². The summed E-state index contributed by atoms with van der Waals surface area (Å²) in [7, 11) is 1.84. The molecule has 4 atom stereocenters. The molecule has 3 aromatic carbocycles. The van der Waals surface area contributed by atoms with Crippen molar-refractivity contribution in [3.63, 3.8) is 0 Å². The number of carbonyl (C=O) groups excluding carboxylic acids is 2. The number of rotatable bonds is 8. The third-order valence-corrected chi connectivity index (χ3v) is 9.00. The Hall–Kier alpha value is -4.34. The Kier molecular flexibility index (Phi) is 14.2. The molecule has 1 aliphatic rings. The first-order valence-electron chi connectivity index (χ1n) is 17.4. The van der Waals surface area contributed by atoms with E-state index in [1.165, 1.54) is 23.1 Å². The van der Waals surface area contributed by atoms with Gasteiger partial charge in [0.05, 0.1) is 41.5 Å². The number of benzene rings is 3. The number of likely N-dealkylation sites (N-methyl/N-ethyl adjacent to an activating group) is 1. The number of fused-ring (bicyclic) bond motifs is 1. The number of amides is 3. The normalized spacial score (nSPS) is 19.9. The van der Waals surface area contributed by atoms with E-state index in [0.717, 1.165) is 49.2 Å². The van der Waals surface area contributed by atoms with E-state index in [1.807, 2.05) is 25.8 Å². The minimum atomic E-state index is -4.52. The molecule has 0 radical (unpaired) electrons. The number of ether oxygens (including phenoxy) is 2. The maximum absolute atomic E-state index is 14.4. The number of hydrogen-bond donors (Lipinski definition) is 3. The number of carbonyl (C=O) groups is 2. The van der Waals surface area contributed by atoms with Gasteiger partial charge in [-0.2, -0.15) is 26.3 Å². The number of alkyl halides is 6. The Bertz CT molecular complexity index is 1650. The Morgan fingerprint density at radius 3 is 2.11 bits per heavy atom. The van der Waals surface area contributed by atoms with E-state index in [9.17, 15) is 41.0 Å². The van der Waals surface area contributed by atoms with Crippen LogP contribution in [0.3, 0.4) is 0 Å². The van der Waals surface area contributed by atoms with Gasteiger partial charge < -0.3 is 30.1 Å². The molecular weight excluding hydrogens is 706 g/mol. The number of nitrogens with one attached hydrogen (secondary N) is 2. The average molecular weight is 753 g/mol. The minimum absolute atomic E-state index is 0.126. The molecule has 0 aliphatic carbocycles. The lowest BCUT2D eigenvalue weighted by molar-refractivity contribution is -0.138. The van der Waals surface area contributed by atoms with Gasteiger partial charge in [-0.05, 0) is 100 Å². The Labute approximate surface area is 305 Å². The molecule has 1 heterocycles. The van der Waals surface area contributed by atoms with Crippen LogP contribution in [-0.4, -0.2) is 78.4 Å². The third-order valence-electron chi connectivity index (χ3n) is 9.00. The van der Waals surface area contributed by atoms with Crippen molar-refractivity contribution in [2.24, 2.45) is 5.92 Å². The van der Waals surface area contributed by atoms with Gasteiger partial charge in [-0.3, -0.25) is 9.69 Å². The maximum Gasteiger partial charge on any atom is 0.416 e. The lowest BCUT2D eigenvalue weighted by Gasteiger charge is -2.36. The van der Waals surface area contributed by atoms with Crippen LogP contribution in [0.15, 0.2) is 66.7 Å². The van der Waals surface area contributed by atoms with Crippen molar-refractivity contribution in [3.8, 4) is 5.75 Å². The molecule has 3 amide bonds. The fourth-order valence-corrected chi connectivity index (χ4v) is 5.98. The highest BCUT2D eigenvalue weighted by Crippen LogP contribution is 2.32. The highest BCUT2D eigenvalue weighted by atomic mass is 19.4. The van der Waals surface area contributed by atoms with E-state index in [4.69, 9.17) is 9.47 Å². The molecule has 0 saturated heterocycles. The van der Waals surface area contributed by atoms with Crippen LogP contribution in [0.5, 0.6) is 5.75 Å². The van der Waals surface area contributed by atoms with Crippen molar-refractivity contribution < 1.29 is 50.5 Å². The second-order valence-corrected chi connectivity index (χ2v) is 13.6. The van der Waals surface area contributed by atoms with Crippen LogP contribution in [0.2, 0.25) is 0 Å². The number of nitrogens with zero attached hydrogens (tertiary/aromatic N) is 2. The molecule has 290 valence electrons. The predicted molar refractivity (Wildman–Crippen MR) is 189 cm³/mol. The molecule has 0 fully saturated rings. The second-order valence-electron chi connectivity index (χ2n) is 13.6. The molecule has 0 unspecified atom stereocenters. The topological polar surface area (TPSA) is 103 Å². The van der Waals surface area contributed by atoms with Gasteiger partial charge in [-0.1, -0.05) is 19.1 Å². The zero-order chi connectivity index (χ0) is 38.9. The number of halogens is 6. The van der Waals surface area contributed by atoms with Gasteiger partial charge >= 0.3 is 18.4 Å². The summed E-state index contributed by atoms with van der Waals surface area (Å²) < 4.78 is 90.7. The summed E-state index contributed by atoms with van der Waals surface area (Å²) in [6, 6.07) is 12.2. The standard InChI is InChI=1S/C38H46F6N4O5/c1-24-20-48(25(2)23-49)35(50)32-19-31(46-36(51)45-30-14-12-29(13-15-30)38(42,43)44)16-17-33(32)53-26(3)7-5-6-18-52-34(24)22-47(4)21-27-8-10-28(11-9-27)37(39,40)41/h8-17,19,24-26,34,49H,5-7,18,20-23H2,1-4H3,(H2,45,46,51)/t24-,25-,26-,34-/m0/s1. The van der Waals surface area contributed by atoms with E-state index >= 15 is 0 Å². The molecule has 53 heavy (non-hydrogen) atoms. The number of anilines is 2. The van der Waals surface area contributed by atoms with E-state index in [2.05, 4.69) is 10.6 Å². The van der Waals surface area contributed by atoms with E-state index in [1.54, 1.807) is 19.1 Å². The summed E-state index contributed by atoms with van der Waals surface area (Å²) in [6.07, 6.45) is -7.47. The van der Waals surface area contributed by atoms with Crippen molar-refractivity contribution in [1.29, 1.82) is 0 Å². The molecule has 0 saturated carbocycles. The Morgan fingerprint density at radius 2 is 1.51 bits per heavy atom. The fraction of sp³-hybridized carbons (Fsp3) is 0.474. The predicted octanol–water partition coefficient (Wildman–Crippen LogP) is 8.30. The van der Waals surface area contributed by atoms with Crippen LogP contribution in [0.1, 0.15) is 67.1 Å². The summed E-state index contributed by atoms with van der Waals surface area (Å²) in [5.41, 5.74) is -0.412. The number of aliphatic hydroxyl groups excluding tert-OH is 1. The number of hydrogen-bond acceptors (Lipinski definition) is 6. The van der Waals surface area contributed by atoms with Crippen LogP contribution in [0.25, 0.3) is 0 Å². The fourth-order valence-electron chi connectivity index (χ4n) is 5.98. The molecule has 0 bridgehead atoms. The summed E-state index contributed by atoms with van der Waals surface area (Å²) in [4.78, 5) is 30.7. The van der Waals surface area contributed by atoms with Crippen molar-refractivity contribution in [1.82, 2.24) is 9.80 Å². The van der Waals surface area contributed by atoms with Crippen LogP contribution in [0, 0.1) is 5.92 Å². The van der Waals surface area contributed by atoms with Crippen LogP contribution < -0.4 is 15.4 Å². The summed E-state index contributed by atoms with van der Waals surface area (Å²) in [5.74, 6) is -0.452. The monoisotopic (exact) mass is 752 g/mol. The molecule has 9 nitrogen and oxygen atoms in total. The zero-order valence-corrected chi connectivity index (χ0v) is 30.1. The molecule has 0 aromatic heterocycles. The highest BCUT2D eigenvalue weighted by Gasteiger charge is 2.32. The van der Waals surface area contributed by atoms with Gasteiger partial charge in [0.15, 0.2) is 0 Å². The van der Waals surface area contributed by atoms with Gasteiger partial charge in [0.25, 0.3) is 5.91 Å². The molecule has 3 N–H and O–H groups in total. The quantitative estimate of drug-likeness (QED) is 0.200. The van der Waals surface area contributed by atoms with Crippen molar-refractivity contribution >= 4 is 23.3 Å². The zero-order valence-electron chi connectivity index (χ0n) is 30.1. The molecular formula is C38H46F6N4O5. The van der Waals surface area contributed by atoms with Gasteiger partial charge in [-0.25, -0.2) is 4.79 Å². The highest BCUT2D eigenvalue weighted by molar-refractivity contribution is 6.02. The molecule has 15 heteroatoms. The van der Waals surface area contributed by atoms with Crippen molar-refractivity contribution in [2.75, 3.05) is 44.0 Å². The lowest BCUT2D eigenvalue weighted by atomic mass is 10.0. The van der Waals surface area contributed by atoms with Crippen molar-refractivity contribution in [3.05, 3.63) is 89.0 Å². The average Bonchev–Trinajstić information content (AvgIpc) is 3.09. The van der Waals surface area contributed by atoms with E-state index in [-0.39, 0.29) is 54.0 Å². The van der Waals surface area contributed by atoms with Crippen LogP contribution in [0.4, 0.5) is 42.5 Å². The minimum Gasteiger partial charge on any atom is -0.490 e. The van der Waals surface area contributed by atoms with Crippen LogP contribution >= 0.6 is 0 Å². The van der Waals surface area contributed by atoms with E-state index in [0.29, 0.717) is 31.7 Å². The molecule has 1 aliphatic heterocycles. The molecule has 4 rings (SSSR count). The number of urea groups is 1.